The highest BCUT2D eigenvalue weighted by Crippen LogP contribution is 2.31. The molecule has 0 aliphatic heterocycles. The van der Waals surface area contributed by atoms with Crippen molar-refractivity contribution in [2.75, 3.05) is 0 Å². The van der Waals surface area contributed by atoms with Gasteiger partial charge in [-0.1, -0.05) is 32.4 Å². The minimum absolute atomic E-state index is 0.883. The Morgan fingerprint density at radius 3 is 2.53 bits per heavy atom. The van der Waals surface area contributed by atoms with Crippen molar-refractivity contribution in [3.63, 3.8) is 0 Å². The average molecular weight is 206 g/mol. The van der Waals surface area contributed by atoms with E-state index in [-0.39, 0.29) is 0 Å². The molecular formula is C15H26. The molecule has 1 fully saturated rings. The third-order valence-corrected chi connectivity index (χ3v) is 2.92. The molecule has 0 aromatic carbocycles. The SMILES string of the molecule is C/C=C1/CC(C)CCC/C1=C/CC.C=C. The maximum atomic E-state index is 3.00. The Morgan fingerprint density at radius 2 is 2.00 bits per heavy atom. The fourth-order valence-electron chi connectivity index (χ4n) is 2.19. The maximum absolute atomic E-state index is 3.00. The van der Waals surface area contributed by atoms with E-state index in [4.69, 9.17) is 0 Å². The second-order valence-electron chi connectivity index (χ2n) is 4.15. The second kappa shape index (κ2) is 8.52. The zero-order valence-electron chi connectivity index (χ0n) is 10.7. The Bertz CT molecular complexity index is 220. The van der Waals surface area contributed by atoms with Crippen LogP contribution >= 0.6 is 0 Å². The molecule has 0 bridgehead atoms. The molecule has 1 aliphatic rings. The quantitative estimate of drug-likeness (QED) is 0.404. The van der Waals surface area contributed by atoms with E-state index in [1.54, 1.807) is 11.1 Å². The fraction of sp³-hybridized carbons (Fsp3) is 0.600. The molecule has 86 valence electrons. The molecule has 1 atom stereocenters. The molecule has 0 radical (unpaired) electrons. The highest BCUT2D eigenvalue weighted by molar-refractivity contribution is 5.31. The summed E-state index contributed by atoms with van der Waals surface area (Å²) in [4.78, 5) is 0. The Balaban J connectivity index is 0.000000921. The van der Waals surface area contributed by atoms with Crippen LogP contribution in [-0.4, -0.2) is 0 Å². The molecule has 0 amide bonds. The van der Waals surface area contributed by atoms with Gasteiger partial charge >= 0.3 is 0 Å². The van der Waals surface area contributed by atoms with Gasteiger partial charge in [-0.05, 0) is 49.7 Å². The summed E-state index contributed by atoms with van der Waals surface area (Å²) in [7, 11) is 0. The van der Waals surface area contributed by atoms with E-state index in [0.717, 1.165) is 5.92 Å². The zero-order chi connectivity index (χ0) is 11.7. The standard InChI is InChI=1S/C13H22.C2H4/c1-4-7-13-9-6-8-11(3)10-12(13)5-2;1-2/h5,7,11H,4,6,8-10H2,1-3H3;1-2H2/b12-5-,13-7-;. The largest absolute Gasteiger partial charge is 0.106 e. The molecule has 1 saturated carbocycles. The van der Waals surface area contributed by atoms with Gasteiger partial charge in [0.2, 0.25) is 0 Å². The Labute approximate surface area is 95.8 Å². The summed E-state index contributed by atoms with van der Waals surface area (Å²) < 4.78 is 0. The van der Waals surface area contributed by atoms with Gasteiger partial charge in [-0.15, -0.1) is 13.2 Å². The third kappa shape index (κ3) is 5.01. The van der Waals surface area contributed by atoms with Crippen LogP contribution < -0.4 is 0 Å². The lowest BCUT2D eigenvalue weighted by Gasteiger charge is -2.09. The van der Waals surface area contributed by atoms with Crippen LogP contribution in [0.5, 0.6) is 0 Å². The average Bonchev–Trinajstić information content (AvgIpc) is 2.44. The van der Waals surface area contributed by atoms with Crippen molar-refractivity contribution in [1.29, 1.82) is 0 Å². The van der Waals surface area contributed by atoms with E-state index < -0.39 is 0 Å². The van der Waals surface area contributed by atoms with Crippen molar-refractivity contribution in [2.24, 2.45) is 5.92 Å². The number of hydrogen-bond donors (Lipinski definition) is 0. The summed E-state index contributed by atoms with van der Waals surface area (Å²) in [6.45, 7) is 12.8. The third-order valence-electron chi connectivity index (χ3n) is 2.92. The van der Waals surface area contributed by atoms with E-state index in [0.29, 0.717) is 0 Å². The van der Waals surface area contributed by atoms with Gasteiger partial charge in [0.1, 0.15) is 0 Å². The summed E-state index contributed by atoms with van der Waals surface area (Å²) in [5, 5.41) is 0. The van der Waals surface area contributed by atoms with E-state index in [1.165, 1.54) is 32.1 Å². The molecule has 0 nitrogen and oxygen atoms in total. The zero-order valence-corrected chi connectivity index (χ0v) is 10.7. The summed E-state index contributed by atoms with van der Waals surface area (Å²) in [5.41, 5.74) is 3.22. The highest BCUT2D eigenvalue weighted by Gasteiger charge is 2.13. The molecule has 1 rings (SSSR count). The van der Waals surface area contributed by atoms with Crippen molar-refractivity contribution >= 4 is 0 Å². The second-order valence-corrected chi connectivity index (χ2v) is 4.15. The Hall–Kier alpha value is -0.780. The van der Waals surface area contributed by atoms with Crippen molar-refractivity contribution in [1.82, 2.24) is 0 Å². The van der Waals surface area contributed by atoms with Gasteiger partial charge in [0, 0.05) is 0 Å². The summed E-state index contributed by atoms with van der Waals surface area (Å²) in [5.74, 6) is 0.883. The fourth-order valence-corrected chi connectivity index (χ4v) is 2.19. The lowest BCUT2D eigenvalue weighted by molar-refractivity contribution is 0.531. The van der Waals surface area contributed by atoms with Crippen molar-refractivity contribution in [3.05, 3.63) is 36.5 Å². The van der Waals surface area contributed by atoms with E-state index in [9.17, 15) is 0 Å². The first-order chi connectivity index (χ1) is 7.27. The molecule has 0 spiro atoms. The first-order valence-electron chi connectivity index (χ1n) is 6.12. The molecule has 0 saturated heterocycles. The van der Waals surface area contributed by atoms with E-state index in [1.807, 2.05) is 0 Å². The van der Waals surface area contributed by atoms with Gasteiger partial charge < -0.3 is 0 Å². The minimum Gasteiger partial charge on any atom is -0.106 e. The van der Waals surface area contributed by atoms with Gasteiger partial charge in [-0.2, -0.15) is 0 Å². The summed E-state index contributed by atoms with van der Waals surface area (Å²) in [6.07, 6.45) is 11.3. The molecular weight excluding hydrogens is 180 g/mol. The molecule has 0 N–H and O–H groups in total. The number of allylic oxidation sites excluding steroid dienone is 4. The van der Waals surface area contributed by atoms with Crippen LogP contribution in [0.15, 0.2) is 36.5 Å². The molecule has 0 heteroatoms. The molecule has 0 heterocycles. The normalized spacial score (nSPS) is 27.0. The first-order valence-corrected chi connectivity index (χ1v) is 6.12. The van der Waals surface area contributed by atoms with Crippen LogP contribution in [0, 0.1) is 5.92 Å². The summed E-state index contributed by atoms with van der Waals surface area (Å²) in [6, 6.07) is 0. The molecule has 0 aromatic rings. The lowest BCUT2D eigenvalue weighted by atomic mass is 9.96. The van der Waals surface area contributed by atoms with Crippen molar-refractivity contribution < 1.29 is 0 Å². The van der Waals surface area contributed by atoms with Gasteiger partial charge in [-0.25, -0.2) is 0 Å². The monoisotopic (exact) mass is 206 g/mol. The van der Waals surface area contributed by atoms with Gasteiger partial charge in [0.15, 0.2) is 0 Å². The van der Waals surface area contributed by atoms with Crippen LogP contribution in [0.3, 0.4) is 0 Å². The molecule has 1 aliphatic carbocycles. The topological polar surface area (TPSA) is 0 Å². The lowest BCUT2D eigenvalue weighted by Crippen LogP contribution is -1.93. The van der Waals surface area contributed by atoms with Gasteiger partial charge in [-0.3, -0.25) is 0 Å². The van der Waals surface area contributed by atoms with Crippen LogP contribution in [0.25, 0.3) is 0 Å². The molecule has 1 unspecified atom stereocenters. The molecule has 15 heavy (non-hydrogen) atoms. The van der Waals surface area contributed by atoms with E-state index >= 15 is 0 Å². The van der Waals surface area contributed by atoms with Crippen molar-refractivity contribution in [2.45, 2.75) is 52.9 Å². The number of hydrogen-bond acceptors (Lipinski definition) is 0. The molecule has 0 aromatic heterocycles. The Morgan fingerprint density at radius 1 is 1.33 bits per heavy atom. The first kappa shape index (κ1) is 14.2. The predicted molar refractivity (Wildman–Crippen MR) is 71.0 cm³/mol. The van der Waals surface area contributed by atoms with Crippen LogP contribution in [0.2, 0.25) is 0 Å². The van der Waals surface area contributed by atoms with Crippen LogP contribution in [0.4, 0.5) is 0 Å². The summed E-state index contributed by atoms with van der Waals surface area (Å²) >= 11 is 0. The van der Waals surface area contributed by atoms with Gasteiger partial charge in [0.05, 0.1) is 0 Å². The Kier molecular flexibility index (Phi) is 8.08. The van der Waals surface area contributed by atoms with Crippen molar-refractivity contribution in [3.8, 4) is 0 Å². The predicted octanol–water partition coefficient (Wildman–Crippen LogP) is 5.28. The smallest absolute Gasteiger partial charge is 0.0254 e. The van der Waals surface area contributed by atoms with Gasteiger partial charge in [0.25, 0.3) is 0 Å². The van der Waals surface area contributed by atoms with E-state index in [2.05, 4.69) is 46.1 Å². The van der Waals surface area contributed by atoms with Crippen LogP contribution in [0.1, 0.15) is 52.9 Å². The minimum atomic E-state index is 0.883. The number of rotatable bonds is 1. The maximum Gasteiger partial charge on any atom is -0.0254 e. The highest BCUT2D eigenvalue weighted by atomic mass is 14.2. The van der Waals surface area contributed by atoms with Crippen LogP contribution in [-0.2, 0) is 0 Å².